The monoisotopic (exact) mass is 490 g/mol. The van der Waals surface area contributed by atoms with E-state index < -0.39 is 4.32 Å². The van der Waals surface area contributed by atoms with Gasteiger partial charge in [-0.2, -0.15) is 0 Å². The first kappa shape index (κ1) is 19.2. The molecule has 138 valence electrons. The van der Waals surface area contributed by atoms with E-state index in [1.54, 1.807) is 0 Å². The van der Waals surface area contributed by atoms with E-state index in [9.17, 15) is 0 Å². The first-order valence-electron chi connectivity index (χ1n) is 9.29. The quantitative estimate of drug-likeness (QED) is 0.197. The summed E-state index contributed by atoms with van der Waals surface area (Å²) in [6.07, 6.45) is 0. The predicted molar refractivity (Wildman–Crippen MR) is 125 cm³/mol. The Hall–Kier alpha value is -2.16. The predicted octanol–water partition coefficient (Wildman–Crippen LogP) is 7.86. The van der Waals surface area contributed by atoms with Crippen LogP contribution in [-0.2, 0) is 4.32 Å². The van der Waals surface area contributed by atoms with Crippen LogP contribution in [0.25, 0.3) is 0 Å². The van der Waals surface area contributed by atoms with E-state index in [0.717, 1.165) is 0 Å². The van der Waals surface area contributed by atoms with Gasteiger partial charge in [0.1, 0.15) is 4.32 Å². The van der Waals surface area contributed by atoms with Crippen molar-refractivity contribution in [2.45, 2.75) is 9.15 Å². The molecule has 0 fully saturated rings. The Morgan fingerprint density at radius 3 is 1.50 bits per heavy atom. The number of benzene rings is 4. The van der Waals surface area contributed by atoms with Crippen molar-refractivity contribution >= 4 is 31.9 Å². The Bertz CT molecular complexity index is 988. The molecule has 0 saturated carbocycles. The van der Waals surface area contributed by atoms with Crippen LogP contribution in [0.3, 0.4) is 0 Å². The minimum atomic E-state index is -0.438. The topological polar surface area (TPSA) is 0 Å². The summed E-state index contributed by atoms with van der Waals surface area (Å²) in [6.45, 7) is 0. The van der Waals surface area contributed by atoms with Crippen molar-refractivity contribution in [2.75, 3.05) is 0 Å². The Balaban J connectivity index is 1.94. The lowest BCUT2D eigenvalue weighted by molar-refractivity contribution is 0.892. The molecule has 2 heteroatoms. The second-order valence-corrected chi connectivity index (χ2v) is 8.86. The van der Waals surface area contributed by atoms with E-state index in [-0.39, 0.29) is 4.83 Å². The van der Waals surface area contributed by atoms with Crippen LogP contribution in [-0.4, -0.2) is 0 Å². The lowest BCUT2D eigenvalue weighted by atomic mass is 9.81. The summed E-state index contributed by atoms with van der Waals surface area (Å²) >= 11 is 8.14. The fourth-order valence-electron chi connectivity index (χ4n) is 3.65. The molecule has 1 unspecified atom stereocenters. The van der Waals surface area contributed by atoms with Gasteiger partial charge in [0.25, 0.3) is 0 Å². The largest absolute Gasteiger partial charge is 0.101 e. The number of alkyl halides is 2. The molecule has 0 aliphatic heterocycles. The molecule has 4 aromatic rings. The molecule has 0 bridgehead atoms. The first-order chi connectivity index (χ1) is 13.7. The Morgan fingerprint density at radius 2 is 0.964 bits per heavy atom. The van der Waals surface area contributed by atoms with Crippen molar-refractivity contribution in [3.8, 4) is 0 Å². The Labute approximate surface area is 183 Å². The maximum Gasteiger partial charge on any atom is 0.101 e. The zero-order valence-corrected chi connectivity index (χ0v) is 18.5. The minimum absolute atomic E-state index is 0.106. The van der Waals surface area contributed by atoms with Crippen LogP contribution in [0.5, 0.6) is 0 Å². The highest BCUT2D eigenvalue weighted by Crippen LogP contribution is 2.48. The van der Waals surface area contributed by atoms with Crippen molar-refractivity contribution in [1.82, 2.24) is 0 Å². The van der Waals surface area contributed by atoms with Crippen molar-refractivity contribution in [2.24, 2.45) is 0 Å². The van der Waals surface area contributed by atoms with Gasteiger partial charge in [-0.05, 0) is 27.8 Å². The van der Waals surface area contributed by atoms with Crippen LogP contribution in [0.2, 0.25) is 0 Å². The van der Waals surface area contributed by atoms with Crippen LogP contribution in [0.4, 0.5) is 0 Å². The van der Waals surface area contributed by atoms with Gasteiger partial charge in [-0.25, -0.2) is 0 Å². The maximum absolute atomic E-state index is 4.18. The lowest BCUT2D eigenvalue weighted by Gasteiger charge is -2.33. The van der Waals surface area contributed by atoms with Crippen LogP contribution in [0.1, 0.15) is 32.6 Å². The van der Waals surface area contributed by atoms with Gasteiger partial charge in [-0.15, -0.1) is 0 Å². The molecule has 0 radical (unpaired) electrons. The average molecular weight is 492 g/mol. The molecule has 0 aliphatic rings. The van der Waals surface area contributed by atoms with E-state index in [4.69, 9.17) is 0 Å². The summed E-state index contributed by atoms with van der Waals surface area (Å²) in [5.74, 6) is 0. The van der Waals surface area contributed by atoms with E-state index in [1.165, 1.54) is 27.8 Å². The van der Waals surface area contributed by atoms with Crippen LogP contribution < -0.4 is 0 Å². The average Bonchev–Trinajstić information content (AvgIpc) is 2.80. The van der Waals surface area contributed by atoms with Crippen LogP contribution >= 0.6 is 31.9 Å². The van der Waals surface area contributed by atoms with E-state index in [2.05, 4.69) is 147 Å². The fourth-order valence-corrected chi connectivity index (χ4v) is 5.24. The summed E-state index contributed by atoms with van der Waals surface area (Å²) in [7, 11) is 0. The molecule has 0 aromatic heterocycles. The highest BCUT2D eigenvalue weighted by Gasteiger charge is 2.36. The SMILES string of the molecule is BrC(c1ccccc1)c1ccccc1C(Br)(c1ccccc1)c1ccccc1. The normalized spacial score (nSPS) is 12.5. The van der Waals surface area contributed by atoms with Crippen molar-refractivity contribution in [3.63, 3.8) is 0 Å². The molecule has 4 rings (SSSR count). The molecule has 0 N–H and O–H groups in total. The molecule has 4 aromatic carbocycles. The van der Waals surface area contributed by atoms with Gasteiger partial charge >= 0.3 is 0 Å². The smallest absolute Gasteiger partial charge is 0.0786 e. The molecule has 0 saturated heterocycles. The van der Waals surface area contributed by atoms with Crippen molar-refractivity contribution < 1.29 is 0 Å². The van der Waals surface area contributed by atoms with Crippen molar-refractivity contribution in [1.29, 1.82) is 0 Å². The van der Waals surface area contributed by atoms with Gasteiger partial charge in [0.05, 0.1) is 4.83 Å². The fraction of sp³-hybridized carbons (Fsp3) is 0.0769. The Kier molecular flexibility index (Phi) is 5.79. The first-order valence-corrected chi connectivity index (χ1v) is 11.0. The molecule has 0 aliphatic carbocycles. The van der Waals surface area contributed by atoms with E-state index in [1.807, 2.05) is 0 Å². The second-order valence-electron chi connectivity index (χ2n) is 6.75. The van der Waals surface area contributed by atoms with Crippen molar-refractivity contribution in [3.05, 3.63) is 143 Å². The van der Waals surface area contributed by atoms with E-state index in [0.29, 0.717) is 0 Å². The molecule has 0 spiro atoms. The summed E-state index contributed by atoms with van der Waals surface area (Å²) in [4.78, 5) is 0.106. The lowest BCUT2D eigenvalue weighted by Crippen LogP contribution is -2.23. The molecular weight excluding hydrogens is 472 g/mol. The van der Waals surface area contributed by atoms with Gasteiger partial charge in [-0.1, -0.05) is 147 Å². The standard InChI is InChI=1S/C26H20Br2/c27-25(20-12-4-1-5-13-20)23-18-10-11-19-24(23)26(28,21-14-6-2-7-15-21)22-16-8-3-9-17-22/h1-19,25H. The van der Waals surface area contributed by atoms with Gasteiger partial charge in [0.2, 0.25) is 0 Å². The number of hydrogen-bond acceptors (Lipinski definition) is 0. The minimum Gasteiger partial charge on any atom is -0.0786 e. The molecule has 0 amide bonds. The molecule has 0 heterocycles. The van der Waals surface area contributed by atoms with Crippen LogP contribution in [0.15, 0.2) is 115 Å². The van der Waals surface area contributed by atoms with E-state index >= 15 is 0 Å². The second kappa shape index (κ2) is 8.46. The number of halogens is 2. The summed E-state index contributed by atoms with van der Waals surface area (Å²) < 4.78 is -0.438. The summed E-state index contributed by atoms with van der Waals surface area (Å²) in [6, 6.07) is 40.5. The van der Waals surface area contributed by atoms with Gasteiger partial charge in [-0.3, -0.25) is 0 Å². The van der Waals surface area contributed by atoms with Gasteiger partial charge in [0, 0.05) is 0 Å². The molecule has 1 atom stereocenters. The van der Waals surface area contributed by atoms with Gasteiger partial charge < -0.3 is 0 Å². The zero-order chi connectivity index (χ0) is 19.4. The highest BCUT2D eigenvalue weighted by atomic mass is 79.9. The molecule has 28 heavy (non-hydrogen) atoms. The van der Waals surface area contributed by atoms with Gasteiger partial charge in [0.15, 0.2) is 0 Å². The van der Waals surface area contributed by atoms with Crippen LogP contribution in [0, 0.1) is 0 Å². The molecular formula is C26H20Br2. The maximum atomic E-state index is 4.18. The summed E-state index contributed by atoms with van der Waals surface area (Å²) in [5.41, 5.74) is 6.14. The zero-order valence-electron chi connectivity index (χ0n) is 15.3. The third-order valence-electron chi connectivity index (χ3n) is 5.04. The summed E-state index contributed by atoms with van der Waals surface area (Å²) in [5, 5.41) is 0. The highest BCUT2D eigenvalue weighted by molar-refractivity contribution is 9.10. The molecule has 0 nitrogen and oxygen atoms in total. The third kappa shape index (κ3) is 3.59. The number of hydrogen-bond donors (Lipinski definition) is 0. The number of rotatable bonds is 5. The third-order valence-corrected chi connectivity index (χ3v) is 7.41. The Morgan fingerprint density at radius 1 is 0.536 bits per heavy atom.